The Bertz CT molecular complexity index is 254. The summed E-state index contributed by atoms with van der Waals surface area (Å²) >= 11 is 0. The molecule has 0 bridgehead atoms. The molecule has 1 nitrogen and oxygen atoms in total. The molecule has 0 aromatic carbocycles. The minimum Gasteiger partial charge on any atom is -0.299 e. The lowest BCUT2D eigenvalue weighted by molar-refractivity contribution is -0.134. The lowest BCUT2D eigenvalue weighted by Crippen LogP contribution is -2.41. The van der Waals surface area contributed by atoms with Gasteiger partial charge in [-0.15, -0.1) is 0 Å². The van der Waals surface area contributed by atoms with Crippen molar-refractivity contribution in [3.63, 3.8) is 0 Å². The van der Waals surface area contributed by atoms with Gasteiger partial charge in [-0.2, -0.15) is 0 Å². The van der Waals surface area contributed by atoms with Gasteiger partial charge in [-0.3, -0.25) is 4.79 Å². The molecular formula is C12H18O. The molecule has 13 heavy (non-hydrogen) atoms. The second kappa shape index (κ2) is 2.97. The van der Waals surface area contributed by atoms with E-state index in [1.54, 1.807) is 0 Å². The third kappa shape index (κ3) is 1.34. The molecular weight excluding hydrogens is 160 g/mol. The summed E-state index contributed by atoms with van der Waals surface area (Å²) < 4.78 is 0. The van der Waals surface area contributed by atoms with E-state index in [9.17, 15) is 4.79 Å². The van der Waals surface area contributed by atoms with Gasteiger partial charge in [-0.05, 0) is 31.1 Å². The molecule has 2 aliphatic carbocycles. The highest BCUT2D eigenvalue weighted by Gasteiger charge is 2.44. The molecule has 0 spiro atoms. The molecule has 0 aromatic heterocycles. The van der Waals surface area contributed by atoms with Gasteiger partial charge >= 0.3 is 0 Å². The van der Waals surface area contributed by atoms with Crippen LogP contribution in [0.3, 0.4) is 0 Å². The van der Waals surface area contributed by atoms with Crippen LogP contribution < -0.4 is 0 Å². The average Bonchev–Trinajstić information content (AvgIpc) is 2.07. The van der Waals surface area contributed by atoms with E-state index in [1.807, 2.05) is 0 Å². The summed E-state index contributed by atoms with van der Waals surface area (Å²) in [7, 11) is 0. The van der Waals surface area contributed by atoms with Crippen LogP contribution in [-0.2, 0) is 4.79 Å². The first-order valence-corrected chi connectivity index (χ1v) is 5.34. The molecule has 0 aromatic rings. The van der Waals surface area contributed by atoms with E-state index in [1.165, 1.54) is 6.42 Å². The number of fused-ring (bicyclic) bond motifs is 1. The quantitative estimate of drug-likeness (QED) is 0.521. The number of ketones is 1. The number of hydrogen-bond donors (Lipinski definition) is 0. The van der Waals surface area contributed by atoms with E-state index in [4.69, 9.17) is 0 Å². The third-order valence-corrected chi connectivity index (χ3v) is 3.79. The summed E-state index contributed by atoms with van der Waals surface area (Å²) in [6.45, 7) is 4.37. The Hall–Kier alpha value is -0.590. The van der Waals surface area contributed by atoms with Crippen molar-refractivity contribution in [2.45, 2.75) is 39.5 Å². The number of carbonyl (C=O) groups excluding carboxylic acids is 1. The number of carbonyl (C=O) groups is 1. The van der Waals surface area contributed by atoms with Gasteiger partial charge in [0, 0.05) is 11.8 Å². The van der Waals surface area contributed by atoms with Gasteiger partial charge in [0.25, 0.3) is 0 Å². The fourth-order valence-corrected chi connectivity index (χ4v) is 2.93. The summed E-state index contributed by atoms with van der Waals surface area (Å²) in [5.74, 6) is 1.62. The van der Waals surface area contributed by atoms with Gasteiger partial charge in [0.2, 0.25) is 0 Å². The number of hydrogen-bond acceptors (Lipinski definition) is 1. The lowest BCUT2D eigenvalue weighted by atomic mass is 9.60. The fourth-order valence-electron chi connectivity index (χ4n) is 2.93. The van der Waals surface area contributed by atoms with Gasteiger partial charge in [-0.1, -0.05) is 26.0 Å². The van der Waals surface area contributed by atoms with Crippen molar-refractivity contribution in [1.82, 2.24) is 0 Å². The minimum atomic E-state index is -0.0214. The van der Waals surface area contributed by atoms with E-state index < -0.39 is 0 Å². The third-order valence-electron chi connectivity index (χ3n) is 3.79. The van der Waals surface area contributed by atoms with Crippen molar-refractivity contribution in [3.05, 3.63) is 12.2 Å². The summed E-state index contributed by atoms with van der Waals surface area (Å²) in [4.78, 5) is 11.9. The molecule has 3 atom stereocenters. The Morgan fingerprint density at radius 3 is 3.00 bits per heavy atom. The zero-order chi connectivity index (χ0) is 9.47. The van der Waals surface area contributed by atoms with Crippen molar-refractivity contribution in [3.8, 4) is 0 Å². The normalized spacial score (nSPS) is 44.6. The first kappa shape index (κ1) is 8.98. The van der Waals surface area contributed by atoms with Crippen molar-refractivity contribution in [2.24, 2.45) is 17.3 Å². The average molecular weight is 178 g/mol. The molecule has 2 rings (SSSR count). The van der Waals surface area contributed by atoms with Gasteiger partial charge in [-0.25, -0.2) is 0 Å². The molecule has 0 radical (unpaired) electrons. The van der Waals surface area contributed by atoms with Crippen molar-refractivity contribution in [1.29, 1.82) is 0 Å². The Morgan fingerprint density at radius 1 is 1.46 bits per heavy atom. The second-order valence-corrected chi connectivity index (χ2v) is 4.91. The summed E-state index contributed by atoms with van der Waals surface area (Å²) in [6.07, 6.45) is 8.75. The Morgan fingerprint density at radius 2 is 2.23 bits per heavy atom. The van der Waals surface area contributed by atoms with Crippen LogP contribution in [-0.4, -0.2) is 5.78 Å². The highest BCUT2D eigenvalue weighted by atomic mass is 16.1. The van der Waals surface area contributed by atoms with Crippen LogP contribution in [0.1, 0.15) is 39.5 Å². The fraction of sp³-hybridized carbons (Fsp3) is 0.750. The highest BCUT2D eigenvalue weighted by molar-refractivity contribution is 5.86. The molecule has 0 saturated heterocycles. The van der Waals surface area contributed by atoms with Crippen LogP contribution in [0.4, 0.5) is 0 Å². The summed E-state index contributed by atoms with van der Waals surface area (Å²) in [5, 5.41) is 0. The maximum Gasteiger partial charge on any atom is 0.139 e. The van der Waals surface area contributed by atoms with Crippen LogP contribution >= 0.6 is 0 Å². The van der Waals surface area contributed by atoms with Crippen molar-refractivity contribution >= 4 is 5.78 Å². The molecule has 0 N–H and O–H groups in total. The van der Waals surface area contributed by atoms with E-state index in [0.29, 0.717) is 17.6 Å². The van der Waals surface area contributed by atoms with Crippen molar-refractivity contribution in [2.75, 3.05) is 0 Å². The van der Waals surface area contributed by atoms with Gasteiger partial charge in [0.15, 0.2) is 0 Å². The summed E-state index contributed by atoms with van der Waals surface area (Å²) in [5.41, 5.74) is -0.0214. The first-order valence-electron chi connectivity index (χ1n) is 5.34. The largest absolute Gasteiger partial charge is 0.299 e. The minimum absolute atomic E-state index is 0.0214. The van der Waals surface area contributed by atoms with Crippen LogP contribution in [0.5, 0.6) is 0 Å². The van der Waals surface area contributed by atoms with E-state index in [2.05, 4.69) is 26.0 Å². The SMILES string of the molecule is C[C@@H]1C=C[C@@H]2CCCC(=O)[C@@]2(C)C1. The topological polar surface area (TPSA) is 17.1 Å². The van der Waals surface area contributed by atoms with Crippen molar-refractivity contribution < 1.29 is 4.79 Å². The zero-order valence-corrected chi connectivity index (χ0v) is 8.55. The molecule has 1 heteroatoms. The Kier molecular flexibility index (Phi) is 2.05. The molecule has 2 aliphatic rings. The molecule has 0 unspecified atom stereocenters. The van der Waals surface area contributed by atoms with Gasteiger partial charge in [0.05, 0.1) is 0 Å². The van der Waals surface area contributed by atoms with Gasteiger partial charge < -0.3 is 0 Å². The standard InChI is InChI=1S/C12H18O/c1-9-6-7-10-4-3-5-11(13)12(10,2)8-9/h6-7,9-10H,3-5,8H2,1-2H3/t9-,10+,12+/m1/s1. The van der Waals surface area contributed by atoms with Crippen LogP contribution in [0.15, 0.2) is 12.2 Å². The predicted molar refractivity (Wildman–Crippen MR) is 53.4 cm³/mol. The monoisotopic (exact) mass is 178 g/mol. The molecule has 1 saturated carbocycles. The zero-order valence-electron chi connectivity index (χ0n) is 8.55. The smallest absolute Gasteiger partial charge is 0.139 e. The second-order valence-electron chi connectivity index (χ2n) is 4.91. The maximum atomic E-state index is 11.9. The Labute approximate surface area is 80.2 Å². The molecule has 0 aliphatic heterocycles. The molecule has 0 amide bonds. The molecule has 0 heterocycles. The van der Waals surface area contributed by atoms with Crippen LogP contribution in [0.2, 0.25) is 0 Å². The van der Waals surface area contributed by atoms with Crippen LogP contribution in [0, 0.1) is 17.3 Å². The number of rotatable bonds is 0. The predicted octanol–water partition coefficient (Wildman–Crippen LogP) is 2.96. The number of allylic oxidation sites excluding steroid dienone is 2. The molecule has 1 fully saturated rings. The molecule has 72 valence electrons. The first-order chi connectivity index (χ1) is 6.13. The number of Topliss-reactive ketones (excluding diaryl/α,β-unsaturated/α-hetero) is 1. The van der Waals surface area contributed by atoms with Gasteiger partial charge in [0.1, 0.15) is 5.78 Å². The van der Waals surface area contributed by atoms with Crippen LogP contribution in [0.25, 0.3) is 0 Å². The lowest BCUT2D eigenvalue weighted by Gasteiger charge is -2.42. The van der Waals surface area contributed by atoms with E-state index >= 15 is 0 Å². The Balaban J connectivity index is 2.30. The van der Waals surface area contributed by atoms with E-state index in [-0.39, 0.29) is 5.41 Å². The van der Waals surface area contributed by atoms with E-state index in [0.717, 1.165) is 19.3 Å². The highest BCUT2D eigenvalue weighted by Crippen LogP contribution is 2.46. The maximum absolute atomic E-state index is 11.9. The summed E-state index contributed by atoms with van der Waals surface area (Å²) in [6, 6.07) is 0.